The monoisotopic (exact) mass is 433 g/mol. The zero-order chi connectivity index (χ0) is 18.9. The second-order valence-electron chi connectivity index (χ2n) is 7.74. The average molecular weight is 434 g/mol. The minimum absolute atomic E-state index is 0. The smallest absolute Gasteiger partial charge is 0.223 e. The molecule has 0 spiro atoms. The molecule has 0 aliphatic carbocycles. The Labute approximate surface area is 181 Å². The van der Waals surface area contributed by atoms with Gasteiger partial charge in [0, 0.05) is 49.0 Å². The van der Waals surface area contributed by atoms with Gasteiger partial charge in [-0.25, -0.2) is 15.0 Å². The van der Waals surface area contributed by atoms with E-state index < -0.39 is 0 Å². The summed E-state index contributed by atoms with van der Waals surface area (Å²) in [5, 5.41) is 8.51. The van der Waals surface area contributed by atoms with E-state index in [0.717, 1.165) is 60.8 Å². The van der Waals surface area contributed by atoms with Crippen LogP contribution in [0.4, 0.5) is 5.95 Å². The molecule has 9 heteroatoms. The van der Waals surface area contributed by atoms with Crippen LogP contribution < -0.4 is 10.6 Å². The van der Waals surface area contributed by atoms with Crippen molar-refractivity contribution in [3.05, 3.63) is 35.7 Å². The largest absolute Gasteiger partial charge is 0.350 e. The molecule has 2 atom stereocenters. The van der Waals surface area contributed by atoms with Crippen molar-refractivity contribution in [3.8, 4) is 11.3 Å². The van der Waals surface area contributed by atoms with Gasteiger partial charge in [0.2, 0.25) is 5.95 Å². The Morgan fingerprint density at radius 1 is 1.28 bits per heavy atom. The predicted molar refractivity (Wildman–Crippen MR) is 119 cm³/mol. The number of rotatable bonds is 5. The van der Waals surface area contributed by atoms with Crippen molar-refractivity contribution in [1.29, 1.82) is 0 Å². The number of aromatic nitrogens is 4. The Bertz CT molecular complexity index is 970. The van der Waals surface area contributed by atoms with E-state index in [1.807, 2.05) is 18.3 Å². The molecule has 0 amide bonds. The third-order valence-electron chi connectivity index (χ3n) is 5.73. The first-order chi connectivity index (χ1) is 13.8. The number of halogens is 2. The van der Waals surface area contributed by atoms with Crippen LogP contribution >= 0.6 is 24.0 Å². The molecule has 3 aromatic rings. The van der Waals surface area contributed by atoms with Crippen LogP contribution in [0.3, 0.4) is 0 Å². The number of H-pyrrole nitrogens is 1. The second-order valence-corrected chi connectivity index (χ2v) is 8.15. The third-order valence-corrected chi connectivity index (χ3v) is 6.01. The Hall–Kier alpha value is -1.93. The number of fused-ring (bicyclic) bond motifs is 1. The molecule has 0 bridgehead atoms. The van der Waals surface area contributed by atoms with Crippen molar-refractivity contribution in [2.45, 2.75) is 18.9 Å². The van der Waals surface area contributed by atoms with Crippen LogP contribution in [-0.4, -0.2) is 63.6 Å². The Balaban J connectivity index is 0.00000205. The minimum Gasteiger partial charge on any atom is -0.350 e. The van der Waals surface area contributed by atoms with Gasteiger partial charge in [-0.2, -0.15) is 0 Å². The van der Waals surface area contributed by atoms with E-state index in [1.165, 1.54) is 13.0 Å². The number of hydrogen-bond acceptors (Lipinski definition) is 6. The van der Waals surface area contributed by atoms with Gasteiger partial charge in [0.25, 0.3) is 0 Å². The molecule has 2 fully saturated rings. The summed E-state index contributed by atoms with van der Waals surface area (Å²) in [4.78, 5) is 19.2. The van der Waals surface area contributed by atoms with Crippen molar-refractivity contribution in [2.24, 2.45) is 5.92 Å². The SMILES string of the molecule is Cl.Clc1cnc(N[C@@H]2CCN(CC3CCNC3)C2)nc1-c1c[nH]c2ncccc12. The van der Waals surface area contributed by atoms with Crippen molar-refractivity contribution in [2.75, 3.05) is 38.0 Å². The fraction of sp³-hybridized carbons (Fsp3) is 0.450. The highest BCUT2D eigenvalue weighted by atomic mass is 35.5. The summed E-state index contributed by atoms with van der Waals surface area (Å²) in [7, 11) is 0. The second kappa shape index (κ2) is 8.83. The van der Waals surface area contributed by atoms with Gasteiger partial charge in [-0.1, -0.05) is 11.6 Å². The molecule has 3 aromatic heterocycles. The zero-order valence-corrected chi connectivity index (χ0v) is 17.6. The molecule has 3 N–H and O–H groups in total. The predicted octanol–water partition coefficient (Wildman–Crippen LogP) is 3.19. The van der Waals surface area contributed by atoms with E-state index in [4.69, 9.17) is 16.6 Å². The van der Waals surface area contributed by atoms with Gasteiger partial charge in [-0.3, -0.25) is 0 Å². The number of likely N-dealkylation sites (tertiary alicyclic amines) is 1. The lowest BCUT2D eigenvalue weighted by Crippen LogP contribution is -2.31. The van der Waals surface area contributed by atoms with Crippen molar-refractivity contribution < 1.29 is 0 Å². The lowest BCUT2D eigenvalue weighted by molar-refractivity contribution is 0.286. The number of nitrogens with zero attached hydrogens (tertiary/aromatic N) is 4. The molecular formula is C20H25Cl2N7. The third kappa shape index (κ3) is 4.33. The van der Waals surface area contributed by atoms with Crippen LogP contribution in [0.5, 0.6) is 0 Å². The van der Waals surface area contributed by atoms with Crippen LogP contribution in [0, 0.1) is 5.92 Å². The molecular weight excluding hydrogens is 409 g/mol. The van der Waals surface area contributed by atoms with Gasteiger partial charge in [-0.15, -0.1) is 12.4 Å². The molecule has 5 rings (SSSR count). The standard InChI is InChI=1S/C20H24ClN7.ClH/c21-17-10-25-20(26-14-4-7-28(12-14)11-13-3-6-22-8-13)27-18(17)16-9-24-19-15(16)2-1-5-23-19;/h1-2,5,9-10,13-14,22H,3-4,6-8,11-12H2,(H,23,24)(H,25,26,27);1H/t13?,14-;/m1./s1. The van der Waals surface area contributed by atoms with E-state index in [-0.39, 0.29) is 12.4 Å². The van der Waals surface area contributed by atoms with Gasteiger partial charge >= 0.3 is 0 Å². The Kier molecular flexibility index (Phi) is 6.20. The summed E-state index contributed by atoms with van der Waals surface area (Å²) >= 11 is 6.42. The molecule has 0 radical (unpaired) electrons. The number of aromatic amines is 1. The molecule has 2 aliphatic rings. The molecule has 5 heterocycles. The van der Waals surface area contributed by atoms with Gasteiger partial charge in [-0.05, 0) is 44.0 Å². The molecule has 7 nitrogen and oxygen atoms in total. The summed E-state index contributed by atoms with van der Waals surface area (Å²) in [6, 6.07) is 4.31. The fourth-order valence-corrected chi connectivity index (χ4v) is 4.50. The van der Waals surface area contributed by atoms with E-state index in [9.17, 15) is 0 Å². The van der Waals surface area contributed by atoms with E-state index in [0.29, 0.717) is 17.0 Å². The normalized spacial score (nSPS) is 22.1. The van der Waals surface area contributed by atoms with Gasteiger partial charge in [0.1, 0.15) is 5.65 Å². The maximum Gasteiger partial charge on any atom is 0.223 e. The van der Waals surface area contributed by atoms with E-state index >= 15 is 0 Å². The highest BCUT2D eigenvalue weighted by Gasteiger charge is 2.26. The van der Waals surface area contributed by atoms with Crippen LogP contribution in [-0.2, 0) is 0 Å². The fourth-order valence-electron chi connectivity index (χ4n) is 4.31. The average Bonchev–Trinajstić information content (AvgIpc) is 3.45. The summed E-state index contributed by atoms with van der Waals surface area (Å²) < 4.78 is 0. The first-order valence-electron chi connectivity index (χ1n) is 9.91. The zero-order valence-electron chi connectivity index (χ0n) is 16.1. The minimum atomic E-state index is 0. The van der Waals surface area contributed by atoms with Gasteiger partial charge in [0.05, 0.1) is 16.9 Å². The molecule has 29 heavy (non-hydrogen) atoms. The highest BCUT2D eigenvalue weighted by molar-refractivity contribution is 6.33. The summed E-state index contributed by atoms with van der Waals surface area (Å²) in [6.07, 6.45) is 7.75. The quantitative estimate of drug-likeness (QED) is 0.572. The topological polar surface area (TPSA) is 81.8 Å². The molecule has 0 aromatic carbocycles. The van der Waals surface area contributed by atoms with Crippen LogP contribution in [0.1, 0.15) is 12.8 Å². The highest BCUT2D eigenvalue weighted by Crippen LogP contribution is 2.31. The summed E-state index contributed by atoms with van der Waals surface area (Å²) in [5.41, 5.74) is 2.50. The summed E-state index contributed by atoms with van der Waals surface area (Å²) in [6.45, 7) is 5.65. The Morgan fingerprint density at radius 3 is 3.07 bits per heavy atom. The van der Waals surface area contributed by atoms with Gasteiger partial charge < -0.3 is 20.5 Å². The van der Waals surface area contributed by atoms with Crippen molar-refractivity contribution in [3.63, 3.8) is 0 Å². The van der Waals surface area contributed by atoms with Crippen LogP contribution in [0.15, 0.2) is 30.7 Å². The molecule has 0 saturated carbocycles. The number of pyridine rings is 1. The lowest BCUT2D eigenvalue weighted by Gasteiger charge is -2.20. The lowest BCUT2D eigenvalue weighted by atomic mass is 10.1. The van der Waals surface area contributed by atoms with Crippen molar-refractivity contribution >= 4 is 41.0 Å². The maximum absolute atomic E-state index is 6.42. The molecule has 2 aliphatic heterocycles. The van der Waals surface area contributed by atoms with Crippen molar-refractivity contribution in [1.82, 2.24) is 30.2 Å². The number of anilines is 1. The first kappa shape index (κ1) is 20.3. The van der Waals surface area contributed by atoms with Crippen LogP contribution in [0.2, 0.25) is 5.02 Å². The molecule has 154 valence electrons. The maximum atomic E-state index is 6.42. The number of hydrogen-bond donors (Lipinski definition) is 3. The number of nitrogens with one attached hydrogen (secondary N) is 3. The van der Waals surface area contributed by atoms with E-state index in [2.05, 4.69) is 30.5 Å². The van der Waals surface area contributed by atoms with Crippen LogP contribution in [0.25, 0.3) is 22.3 Å². The first-order valence-corrected chi connectivity index (χ1v) is 10.3. The molecule has 2 saturated heterocycles. The van der Waals surface area contributed by atoms with E-state index in [1.54, 1.807) is 12.4 Å². The molecule has 1 unspecified atom stereocenters. The van der Waals surface area contributed by atoms with Gasteiger partial charge in [0.15, 0.2) is 0 Å². The Morgan fingerprint density at radius 2 is 2.21 bits per heavy atom. The summed E-state index contributed by atoms with van der Waals surface area (Å²) in [5.74, 6) is 1.42.